The highest BCUT2D eigenvalue weighted by Gasteiger charge is 2.33. The fourth-order valence-corrected chi connectivity index (χ4v) is 4.07. The number of hydrogen-bond acceptors (Lipinski definition) is 4. The molecule has 1 aliphatic heterocycles. The molecular weight excluding hydrogens is 392 g/mol. The van der Waals surface area contributed by atoms with Crippen molar-refractivity contribution in [2.75, 3.05) is 18.5 Å². The van der Waals surface area contributed by atoms with Crippen molar-refractivity contribution in [3.8, 4) is 5.75 Å². The Balaban J connectivity index is 1.74. The molecule has 5 nitrogen and oxygen atoms in total. The molecule has 7 heteroatoms. The van der Waals surface area contributed by atoms with Gasteiger partial charge in [0.05, 0.1) is 16.0 Å². The normalized spacial score (nSPS) is 16.5. The third kappa shape index (κ3) is 3.47. The van der Waals surface area contributed by atoms with Gasteiger partial charge in [-0.25, -0.2) is 0 Å². The number of para-hydroxylation sites is 2. The number of thiophene rings is 1. The number of anilines is 1. The van der Waals surface area contributed by atoms with Crippen LogP contribution in [0.15, 0.2) is 40.2 Å². The van der Waals surface area contributed by atoms with Crippen molar-refractivity contribution >= 4 is 44.8 Å². The Morgan fingerprint density at radius 2 is 2.08 bits per heavy atom. The van der Waals surface area contributed by atoms with Gasteiger partial charge in [0.2, 0.25) is 5.91 Å². The van der Waals surface area contributed by atoms with E-state index in [1.54, 1.807) is 36.3 Å². The number of hydrogen-bond donors (Lipinski definition) is 0. The second kappa shape index (κ2) is 6.94. The number of carbonyl (C=O) groups is 2. The van der Waals surface area contributed by atoms with Gasteiger partial charge in [-0.15, -0.1) is 11.3 Å². The van der Waals surface area contributed by atoms with Gasteiger partial charge in [-0.1, -0.05) is 12.1 Å². The van der Waals surface area contributed by atoms with Gasteiger partial charge in [-0.05, 0) is 47.1 Å². The molecule has 0 saturated heterocycles. The molecule has 0 aliphatic carbocycles. The number of amides is 2. The maximum absolute atomic E-state index is 12.6. The van der Waals surface area contributed by atoms with Gasteiger partial charge in [0.1, 0.15) is 12.3 Å². The second-order valence-corrected chi connectivity index (χ2v) is 8.16. The molecular formula is C17H17BrN2O3S. The summed E-state index contributed by atoms with van der Waals surface area (Å²) in [7, 11) is 1.75. The Hall–Kier alpha value is -1.86. The lowest BCUT2D eigenvalue weighted by Crippen LogP contribution is -2.48. The lowest BCUT2D eigenvalue weighted by atomic mass is 10.2. The Labute approximate surface area is 153 Å². The highest BCUT2D eigenvalue weighted by atomic mass is 79.9. The van der Waals surface area contributed by atoms with E-state index in [4.69, 9.17) is 4.74 Å². The van der Waals surface area contributed by atoms with Crippen molar-refractivity contribution in [1.29, 1.82) is 0 Å². The first kappa shape index (κ1) is 17.0. The third-order valence-corrected chi connectivity index (χ3v) is 5.42. The van der Waals surface area contributed by atoms with Gasteiger partial charge in [-0.2, -0.15) is 0 Å². The number of fused-ring (bicyclic) bond motifs is 1. The summed E-state index contributed by atoms with van der Waals surface area (Å²) < 4.78 is 6.63. The van der Waals surface area contributed by atoms with E-state index in [1.807, 2.05) is 30.3 Å². The summed E-state index contributed by atoms with van der Waals surface area (Å²) in [4.78, 5) is 29.2. The van der Waals surface area contributed by atoms with E-state index in [0.717, 1.165) is 8.66 Å². The summed E-state index contributed by atoms with van der Waals surface area (Å²) in [6.07, 6.45) is -0.591. The molecule has 24 heavy (non-hydrogen) atoms. The minimum atomic E-state index is -0.591. The first-order valence-electron chi connectivity index (χ1n) is 7.51. The average molecular weight is 409 g/mol. The van der Waals surface area contributed by atoms with Crippen molar-refractivity contribution in [2.45, 2.75) is 19.6 Å². The highest BCUT2D eigenvalue weighted by Crippen LogP contribution is 2.33. The minimum Gasteiger partial charge on any atom is -0.479 e. The molecule has 2 heterocycles. The molecule has 126 valence electrons. The first-order valence-corrected chi connectivity index (χ1v) is 9.12. The zero-order chi connectivity index (χ0) is 17.3. The maximum Gasteiger partial charge on any atom is 0.268 e. The Bertz CT molecular complexity index is 777. The molecule has 0 fully saturated rings. The van der Waals surface area contributed by atoms with E-state index in [0.29, 0.717) is 18.0 Å². The average Bonchev–Trinajstić information content (AvgIpc) is 2.96. The fourth-order valence-electron chi connectivity index (χ4n) is 2.54. The van der Waals surface area contributed by atoms with Gasteiger partial charge in [0.15, 0.2) is 6.10 Å². The maximum atomic E-state index is 12.6. The highest BCUT2D eigenvalue weighted by molar-refractivity contribution is 9.11. The van der Waals surface area contributed by atoms with Crippen LogP contribution in [0.2, 0.25) is 0 Å². The number of halogens is 1. The quantitative estimate of drug-likeness (QED) is 0.779. The smallest absolute Gasteiger partial charge is 0.268 e. The second-order valence-electron chi connectivity index (χ2n) is 5.61. The van der Waals surface area contributed by atoms with E-state index in [1.165, 1.54) is 4.90 Å². The van der Waals surface area contributed by atoms with E-state index < -0.39 is 6.10 Å². The zero-order valence-corrected chi connectivity index (χ0v) is 15.8. The zero-order valence-electron chi connectivity index (χ0n) is 13.4. The van der Waals surface area contributed by atoms with Crippen LogP contribution in [0.3, 0.4) is 0 Å². The molecule has 0 spiro atoms. The van der Waals surface area contributed by atoms with Gasteiger partial charge in [0.25, 0.3) is 5.91 Å². The van der Waals surface area contributed by atoms with Crippen LogP contribution in [0.4, 0.5) is 5.69 Å². The van der Waals surface area contributed by atoms with Crippen LogP contribution < -0.4 is 9.64 Å². The first-order chi connectivity index (χ1) is 11.5. The van der Waals surface area contributed by atoms with Gasteiger partial charge in [-0.3, -0.25) is 14.5 Å². The van der Waals surface area contributed by atoms with Crippen LogP contribution in [0.25, 0.3) is 0 Å². The Morgan fingerprint density at radius 3 is 2.79 bits per heavy atom. The van der Waals surface area contributed by atoms with Gasteiger partial charge >= 0.3 is 0 Å². The fraction of sp³-hybridized carbons (Fsp3) is 0.294. The van der Waals surface area contributed by atoms with E-state index >= 15 is 0 Å². The van der Waals surface area contributed by atoms with Crippen molar-refractivity contribution in [2.24, 2.45) is 0 Å². The largest absolute Gasteiger partial charge is 0.479 e. The van der Waals surface area contributed by atoms with Gasteiger partial charge < -0.3 is 9.64 Å². The van der Waals surface area contributed by atoms with Crippen LogP contribution in [-0.4, -0.2) is 36.4 Å². The van der Waals surface area contributed by atoms with E-state index in [9.17, 15) is 9.59 Å². The minimum absolute atomic E-state index is 0.00654. The SMILES string of the molecule is CC1Oc2ccccc2N(CC(=O)N(C)Cc2ccc(Br)s2)C1=O. The number of benzene rings is 1. The molecule has 1 unspecified atom stereocenters. The molecule has 0 N–H and O–H groups in total. The summed E-state index contributed by atoms with van der Waals surface area (Å²) in [5, 5.41) is 0. The molecule has 0 bridgehead atoms. The molecule has 2 amide bonds. The van der Waals surface area contributed by atoms with Crippen molar-refractivity contribution in [1.82, 2.24) is 4.90 Å². The lowest BCUT2D eigenvalue weighted by molar-refractivity contribution is -0.132. The number of rotatable bonds is 4. The number of carbonyl (C=O) groups excluding carboxylic acids is 2. The van der Waals surface area contributed by atoms with Crippen LogP contribution in [0.5, 0.6) is 5.75 Å². The number of nitrogens with zero attached hydrogens (tertiary/aromatic N) is 2. The van der Waals surface area contributed by atoms with Crippen LogP contribution in [0.1, 0.15) is 11.8 Å². The molecule has 3 rings (SSSR count). The van der Waals surface area contributed by atoms with Crippen LogP contribution in [-0.2, 0) is 16.1 Å². The van der Waals surface area contributed by atoms with Gasteiger partial charge in [0, 0.05) is 11.9 Å². The molecule has 1 atom stereocenters. The predicted octanol–water partition coefficient (Wildman–Crippen LogP) is 3.28. The predicted molar refractivity (Wildman–Crippen MR) is 97.4 cm³/mol. The molecule has 1 aromatic carbocycles. The molecule has 1 aliphatic rings. The Morgan fingerprint density at radius 1 is 1.33 bits per heavy atom. The number of likely N-dealkylation sites (N-methyl/N-ethyl adjacent to an activating group) is 1. The molecule has 1 aromatic heterocycles. The monoisotopic (exact) mass is 408 g/mol. The topological polar surface area (TPSA) is 49.9 Å². The molecule has 2 aromatic rings. The summed E-state index contributed by atoms with van der Waals surface area (Å²) in [6, 6.07) is 11.2. The van der Waals surface area contributed by atoms with Crippen LogP contribution >= 0.6 is 27.3 Å². The van der Waals surface area contributed by atoms with E-state index in [2.05, 4.69) is 15.9 Å². The molecule has 0 saturated carbocycles. The third-order valence-electron chi connectivity index (χ3n) is 3.81. The molecule has 0 radical (unpaired) electrons. The van der Waals surface area contributed by atoms with E-state index in [-0.39, 0.29) is 18.4 Å². The number of ether oxygens (including phenoxy) is 1. The summed E-state index contributed by atoms with van der Waals surface area (Å²) in [6.45, 7) is 2.22. The summed E-state index contributed by atoms with van der Waals surface area (Å²) in [5.74, 6) is 0.313. The lowest BCUT2D eigenvalue weighted by Gasteiger charge is -2.33. The van der Waals surface area contributed by atoms with Crippen LogP contribution in [0, 0.1) is 0 Å². The standard InChI is InChI=1S/C17H17BrN2O3S/c1-11-17(22)20(13-5-3-4-6-14(13)23-11)10-16(21)19(2)9-12-7-8-15(18)24-12/h3-8,11H,9-10H2,1-2H3. The van der Waals surface area contributed by atoms with Crippen molar-refractivity contribution < 1.29 is 14.3 Å². The van der Waals surface area contributed by atoms with Crippen molar-refractivity contribution in [3.63, 3.8) is 0 Å². The summed E-state index contributed by atoms with van der Waals surface area (Å²) >= 11 is 5.01. The van der Waals surface area contributed by atoms with Crippen molar-refractivity contribution in [3.05, 3.63) is 45.1 Å². The summed E-state index contributed by atoms with van der Waals surface area (Å²) in [5.41, 5.74) is 0.640. The Kier molecular flexibility index (Phi) is 4.91.